The van der Waals surface area contributed by atoms with Crippen molar-refractivity contribution in [3.05, 3.63) is 11.6 Å². The molecule has 0 saturated heterocycles. The maximum Gasteiger partial charge on any atom is 0.331 e. The van der Waals surface area contributed by atoms with E-state index in [1.807, 2.05) is 21.0 Å². The number of carboxylic acid groups (broad SMARTS) is 1. The molecule has 0 aliphatic rings. The third kappa shape index (κ3) is 8.15. The number of hydrogen-bond acceptors (Lipinski definition) is 3. The Bertz CT molecular complexity index is 213. The van der Waals surface area contributed by atoms with Crippen LogP contribution in [0.2, 0.25) is 0 Å². The average Bonchev–Trinajstić information content (AvgIpc) is 2.15. The van der Waals surface area contributed by atoms with Crippen molar-refractivity contribution in [1.29, 1.82) is 0 Å². The van der Waals surface area contributed by atoms with Crippen molar-refractivity contribution in [2.45, 2.75) is 19.8 Å². The Balaban J connectivity index is 3.55. The van der Waals surface area contributed by atoms with E-state index in [9.17, 15) is 4.79 Å². The Kier molecular flexibility index (Phi) is 7.95. The zero-order chi connectivity index (χ0) is 11.7. The van der Waals surface area contributed by atoms with Gasteiger partial charge in [0.25, 0.3) is 0 Å². The zero-order valence-electron chi connectivity index (χ0n) is 9.92. The van der Waals surface area contributed by atoms with Gasteiger partial charge in [0, 0.05) is 12.1 Å². The van der Waals surface area contributed by atoms with Gasteiger partial charge in [-0.2, -0.15) is 0 Å². The average molecular weight is 214 g/mol. The molecule has 0 saturated carbocycles. The van der Waals surface area contributed by atoms with Crippen LogP contribution >= 0.6 is 0 Å². The lowest BCUT2D eigenvalue weighted by Gasteiger charge is -2.08. The first kappa shape index (κ1) is 14.1. The highest BCUT2D eigenvalue weighted by Gasteiger charge is 2.02. The molecule has 15 heavy (non-hydrogen) atoms. The minimum Gasteiger partial charge on any atom is -0.478 e. The number of hydrogen-bond donors (Lipinski definition) is 2. The predicted molar refractivity (Wildman–Crippen MR) is 62.1 cm³/mol. The first-order chi connectivity index (χ1) is 7.07. The Morgan fingerprint density at radius 2 is 2.13 bits per heavy atom. The summed E-state index contributed by atoms with van der Waals surface area (Å²) in [5.74, 6) is -0.812. The lowest BCUT2D eigenvalue weighted by Crippen LogP contribution is -2.21. The van der Waals surface area contributed by atoms with Crippen molar-refractivity contribution in [2.75, 3.05) is 33.7 Å². The molecule has 0 atom stereocenters. The second-order valence-electron chi connectivity index (χ2n) is 3.75. The maximum absolute atomic E-state index is 10.6. The Morgan fingerprint density at radius 1 is 1.47 bits per heavy atom. The molecule has 2 N–H and O–H groups in total. The van der Waals surface area contributed by atoms with Gasteiger partial charge in [0.15, 0.2) is 0 Å². The van der Waals surface area contributed by atoms with Gasteiger partial charge in [0.2, 0.25) is 0 Å². The first-order valence-electron chi connectivity index (χ1n) is 5.35. The van der Waals surface area contributed by atoms with Gasteiger partial charge in [0.1, 0.15) is 0 Å². The van der Waals surface area contributed by atoms with Crippen molar-refractivity contribution in [3.8, 4) is 0 Å². The highest BCUT2D eigenvalue weighted by atomic mass is 16.4. The van der Waals surface area contributed by atoms with Crippen LogP contribution in [-0.2, 0) is 4.79 Å². The third-order valence-corrected chi connectivity index (χ3v) is 2.11. The molecule has 0 aromatic heterocycles. The molecule has 0 amide bonds. The van der Waals surface area contributed by atoms with Crippen molar-refractivity contribution in [2.24, 2.45) is 0 Å². The summed E-state index contributed by atoms with van der Waals surface area (Å²) in [5.41, 5.74) is 0.482. The quantitative estimate of drug-likeness (QED) is 0.466. The van der Waals surface area contributed by atoms with Gasteiger partial charge < -0.3 is 15.3 Å². The highest BCUT2D eigenvalue weighted by molar-refractivity contribution is 5.86. The van der Waals surface area contributed by atoms with E-state index in [-0.39, 0.29) is 0 Å². The van der Waals surface area contributed by atoms with Crippen LogP contribution < -0.4 is 5.32 Å². The fraction of sp³-hybridized carbons (Fsp3) is 0.727. The topological polar surface area (TPSA) is 52.6 Å². The molecule has 0 rings (SSSR count). The monoisotopic (exact) mass is 214 g/mol. The molecule has 4 nitrogen and oxygen atoms in total. The summed E-state index contributed by atoms with van der Waals surface area (Å²) >= 11 is 0. The van der Waals surface area contributed by atoms with Gasteiger partial charge in [-0.25, -0.2) is 4.79 Å². The van der Waals surface area contributed by atoms with Gasteiger partial charge in [-0.1, -0.05) is 13.0 Å². The summed E-state index contributed by atoms with van der Waals surface area (Å²) in [6, 6.07) is 0. The van der Waals surface area contributed by atoms with E-state index in [1.54, 1.807) is 6.08 Å². The molecule has 4 heteroatoms. The standard InChI is InChI=1S/C11H22N2O2/c1-4-10(11(14)15)6-8-12-7-5-9-13(2)3/h6,12H,4-5,7-9H2,1-3H3,(H,14,15). The van der Waals surface area contributed by atoms with E-state index in [2.05, 4.69) is 10.2 Å². The molecule has 0 heterocycles. The molecule has 0 aliphatic heterocycles. The van der Waals surface area contributed by atoms with Crippen LogP contribution in [0.4, 0.5) is 0 Å². The van der Waals surface area contributed by atoms with Crippen molar-refractivity contribution in [1.82, 2.24) is 10.2 Å². The van der Waals surface area contributed by atoms with E-state index < -0.39 is 5.97 Å². The number of nitrogens with one attached hydrogen (secondary N) is 1. The van der Waals surface area contributed by atoms with Crippen LogP contribution in [0.1, 0.15) is 19.8 Å². The molecule has 0 spiro atoms. The first-order valence-corrected chi connectivity index (χ1v) is 5.35. The fourth-order valence-corrected chi connectivity index (χ4v) is 1.20. The lowest BCUT2D eigenvalue weighted by molar-refractivity contribution is -0.132. The Labute approximate surface area is 92.0 Å². The van der Waals surface area contributed by atoms with E-state index in [0.29, 0.717) is 18.5 Å². The minimum atomic E-state index is -0.812. The molecule has 0 bridgehead atoms. The van der Waals surface area contributed by atoms with Crippen LogP contribution in [0.15, 0.2) is 11.6 Å². The third-order valence-electron chi connectivity index (χ3n) is 2.11. The summed E-state index contributed by atoms with van der Waals surface area (Å²) in [4.78, 5) is 12.8. The summed E-state index contributed by atoms with van der Waals surface area (Å²) < 4.78 is 0. The smallest absolute Gasteiger partial charge is 0.331 e. The molecule has 0 aromatic rings. The van der Waals surface area contributed by atoms with Gasteiger partial charge >= 0.3 is 5.97 Å². The molecule has 0 fully saturated rings. The van der Waals surface area contributed by atoms with E-state index in [4.69, 9.17) is 5.11 Å². The van der Waals surface area contributed by atoms with Crippen LogP contribution in [0, 0.1) is 0 Å². The van der Waals surface area contributed by atoms with E-state index in [0.717, 1.165) is 19.5 Å². The van der Waals surface area contributed by atoms with Crippen LogP contribution in [0.5, 0.6) is 0 Å². The Hall–Kier alpha value is -0.870. The summed E-state index contributed by atoms with van der Waals surface area (Å²) in [6.07, 6.45) is 3.40. The molecule has 0 aliphatic carbocycles. The van der Waals surface area contributed by atoms with Gasteiger partial charge in [-0.05, 0) is 40.0 Å². The molecule has 88 valence electrons. The van der Waals surface area contributed by atoms with E-state index in [1.165, 1.54) is 0 Å². The van der Waals surface area contributed by atoms with Crippen LogP contribution in [0.3, 0.4) is 0 Å². The number of carbonyl (C=O) groups is 1. The number of rotatable bonds is 8. The SMILES string of the molecule is CCC(=CCNCCCN(C)C)C(=O)O. The van der Waals surface area contributed by atoms with Gasteiger partial charge in [0.05, 0.1) is 0 Å². The number of aliphatic carboxylic acids is 1. The molecule has 0 unspecified atom stereocenters. The largest absolute Gasteiger partial charge is 0.478 e. The summed E-state index contributed by atoms with van der Waals surface area (Å²) in [6.45, 7) is 4.47. The van der Waals surface area contributed by atoms with Crippen molar-refractivity contribution >= 4 is 5.97 Å². The highest BCUT2D eigenvalue weighted by Crippen LogP contribution is 1.98. The van der Waals surface area contributed by atoms with Crippen molar-refractivity contribution < 1.29 is 9.90 Å². The second kappa shape index (κ2) is 8.44. The second-order valence-corrected chi connectivity index (χ2v) is 3.75. The minimum absolute atomic E-state index is 0.482. The Morgan fingerprint density at radius 3 is 2.60 bits per heavy atom. The molecule has 0 aromatic carbocycles. The van der Waals surface area contributed by atoms with Crippen LogP contribution in [0.25, 0.3) is 0 Å². The normalized spacial score (nSPS) is 12.1. The lowest BCUT2D eigenvalue weighted by atomic mass is 10.2. The van der Waals surface area contributed by atoms with Gasteiger partial charge in [-0.3, -0.25) is 0 Å². The summed E-state index contributed by atoms with van der Waals surface area (Å²) in [5, 5.41) is 11.9. The van der Waals surface area contributed by atoms with Crippen LogP contribution in [-0.4, -0.2) is 49.7 Å². The molecule has 0 radical (unpaired) electrons. The number of nitrogens with zero attached hydrogens (tertiary/aromatic N) is 1. The van der Waals surface area contributed by atoms with E-state index >= 15 is 0 Å². The van der Waals surface area contributed by atoms with Gasteiger partial charge in [-0.15, -0.1) is 0 Å². The zero-order valence-corrected chi connectivity index (χ0v) is 9.92. The summed E-state index contributed by atoms with van der Waals surface area (Å²) in [7, 11) is 4.08. The number of carboxylic acids is 1. The molecular formula is C11H22N2O2. The maximum atomic E-state index is 10.6. The predicted octanol–water partition coefficient (Wildman–Crippen LogP) is 0.949. The molecular weight excluding hydrogens is 192 g/mol. The van der Waals surface area contributed by atoms with Crippen molar-refractivity contribution in [3.63, 3.8) is 0 Å². The fourth-order valence-electron chi connectivity index (χ4n) is 1.20.